The van der Waals surface area contributed by atoms with E-state index in [1.165, 1.54) is 5.56 Å². The Hall–Kier alpha value is -1.89. The molecule has 0 aromatic heterocycles. The summed E-state index contributed by atoms with van der Waals surface area (Å²) in [5.74, 6) is 0. The van der Waals surface area contributed by atoms with Crippen molar-refractivity contribution in [2.45, 2.75) is 18.4 Å². The first-order valence-electron chi connectivity index (χ1n) is 8.52. The van der Waals surface area contributed by atoms with Crippen molar-refractivity contribution in [1.82, 2.24) is 9.80 Å². The minimum Gasteiger partial charge on any atom is -0.304 e. The number of hydrogen-bond donors (Lipinski definition) is 1. The SMILES string of the molecule is Cc1cccc(S(=O)(=O)Nc2ccc(CN3CCN(C)CC3)cc2)c1. The van der Waals surface area contributed by atoms with Crippen molar-refractivity contribution in [1.29, 1.82) is 0 Å². The van der Waals surface area contributed by atoms with E-state index in [2.05, 4.69) is 21.6 Å². The number of rotatable bonds is 5. The number of likely N-dealkylation sites (N-methyl/N-ethyl adjacent to an activating group) is 1. The molecule has 2 aromatic rings. The molecule has 1 fully saturated rings. The Bertz CT molecular complexity index is 811. The van der Waals surface area contributed by atoms with Gasteiger partial charge in [-0.2, -0.15) is 0 Å². The van der Waals surface area contributed by atoms with Gasteiger partial charge in [-0.15, -0.1) is 0 Å². The fourth-order valence-electron chi connectivity index (χ4n) is 2.94. The third-order valence-electron chi connectivity index (χ3n) is 4.51. The van der Waals surface area contributed by atoms with Crippen molar-refractivity contribution in [3.63, 3.8) is 0 Å². The molecule has 0 atom stereocenters. The minimum absolute atomic E-state index is 0.286. The second-order valence-corrected chi connectivity index (χ2v) is 8.38. The zero-order chi connectivity index (χ0) is 17.9. The fourth-order valence-corrected chi connectivity index (χ4v) is 4.10. The molecule has 3 rings (SSSR count). The van der Waals surface area contributed by atoms with Crippen LogP contribution in [0.25, 0.3) is 0 Å². The van der Waals surface area contributed by atoms with Crippen molar-refractivity contribution in [3.05, 3.63) is 59.7 Å². The summed E-state index contributed by atoms with van der Waals surface area (Å²) in [4.78, 5) is 5.04. The highest BCUT2D eigenvalue weighted by Gasteiger charge is 2.15. The summed E-state index contributed by atoms with van der Waals surface area (Å²) in [6.45, 7) is 7.10. The summed E-state index contributed by atoms with van der Waals surface area (Å²) >= 11 is 0. The molecule has 0 aliphatic carbocycles. The lowest BCUT2D eigenvalue weighted by Gasteiger charge is -2.32. The lowest BCUT2D eigenvalue weighted by atomic mass is 10.2. The maximum absolute atomic E-state index is 12.5. The van der Waals surface area contributed by atoms with Gasteiger partial charge in [0.25, 0.3) is 10.0 Å². The standard InChI is InChI=1S/C19H25N3O2S/c1-16-4-3-5-19(14-16)25(23,24)20-18-8-6-17(7-9-18)15-22-12-10-21(2)11-13-22/h3-9,14,20H,10-13,15H2,1-2H3. The largest absolute Gasteiger partial charge is 0.304 e. The molecule has 0 saturated carbocycles. The van der Waals surface area contributed by atoms with E-state index in [-0.39, 0.29) is 4.90 Å². The highest BCUT2D eigenvalue weighted by molar-refractivity contribution is 7.92. The van der Waals surface area contributed by atoms with Crippen LogP contribution >= 0.6 is 0 Å². The van der Waals surface area contributed by atoms with Gasteiger partial charge in [-0.3, -0.25) is 9.62 Å². The predicted molar refractivity (Wildman–Crippen MR) is 101 cm³/mol. The van der Waals surface area contributed by atoms with Gasteiger partial charge in [0.15, 0.2) is 0 Å². The first kappa shape index (κ1) is 17.9. The molecule has 25 heavy (non-hydrogen) atoms. The monoisotopic (exact) mass is 359 g/mol. The molecule has 0 bridgehead atoms. The summed E-state index contributed by atoms with van der Waals surface area (Å²) in [5, 5.41) is 0. The van der Waals surface area contributed by atoms with Crippen LogP contribution in [-0.4, -0.2) is 51.4 Å². The average molecular weight is 359 g/mol. The number of nitrogens with zero attached hydrogens (tertiary/aromatic N) is 2. The van der Waals surface area contributed by atoms with Crippen molar-refractivity contribution < 1.29 is 8.42 Å². The Morgan fingerprint density at radius 1 is 1.00 bits per heavy atom. The Morgan fingerprint density at radius 2 is 1.68 bits per heavy atom. The van der Waals surface area contributed by atoms with E-state index < -0.39 is 10.0 Å². The molecular weight excluding hydrogens is 334 g/mol. The zero-order valence-corrected chi connectivity index (χ0v) is 15.6. The van der Waals surface area contributed by atoms with Gasteiger partial charge in [-0.1, -0.05) is 24.3 Å². The number of benzene rings is 2. The lowest BCUT2D eigenvalue weighted by molar-refractivity contribution is 0.148. The van der Waals surface area contributed by atoms with Gasteiger partial charge in [0.2, 0.25) is 0 Å². The van der Waals surface area contributed by atoms with E-state index in [0.29, 0.717) is 5.69 Å². The third-order valence-corrected chi connectivity index (χ3v) is 5.89. The summed E-state index contributed by atoms with van der Waals surface area (Å²) in [5.41, 5.74) is 2.71. The van der Waals surface area contributed by atoms with Crippen LogP contribution in [0, 0.1) is 6.92 Å². The number of anilines is 1. The Balaban J connectivity index is 1.64. The smallest absolute Gasteiger partial charge is 0.261 e. The van der Waals surface area contributed by atoms with Gasteiger partial charge in [-0.25, -0.2) is 8.42 Å². The summed E-state index contributed by atoms with van der Waals surface area (Å²) in [7, 11) is -1.40. The van der Waals surface area contributed by atoms with Crippen LogP contribution in [0.5, 0.6) is 0 Å². The molecule has 1 aliphatic heterocycles. The second-order valence-electron chi connectivity index (χ2n) is 6.70. The van der Waals surface area contributed by atoms with Crippen molar-refractivity contribution in [2.24, 2.45) is 0 Å². The number of sulfonamides is 1. The van der Waals surface area contributed by atoms with Crippen LogP contribution < -0.4 is 4.72 Å². The maximum Gasteiger partial charge on any atom is 0.261 e. The molecule has 134 valence electrons. The molecule has 0 radical (unpaired) electrons. The Labute approximate surface area is 150 Å². The molecule has 0 unspecified atom stereocenters. The lowest BCUT2D eigenvalue weighted by Crippen LogP contribution is -2.43. The van der Waals surface area contributed by atoms with Gasteiger partial charge >= 0.3 is 0 Å². The number of aryl methyl sites for hydroxylation is 1. The zero-order valence-electron chi connectivity index (χ0n) is 14.8. The van der Waals surface area contributed by atoms with Gasteiger partial charge < -0.3 is 4.90 Å². The highest BCUT2D eigenvalue weighted by atomic mass is 32.2. The first-order valence-corrected chi connectivity index (χ1v) is 10.00. The van der Waals surface area contributed by atoms with Crippen LogP contribution in [0.3, 0.4) is 0 Å². The van der Waals surface area contributed by atoms with E-state index in [1.807, 2.05) is 37.3 Å². The van der Waals surface area contributed by atoms with E-state index in [4.69, 9.17) is 0 Å². The van der Waals surface area contributed by atoms with Gasteiger partial charge in [0, 0.05) is 38.4 Å². The maximum atomic E-state index is 12.5. The molecular formula is C19H25N3O2S. The normalized spacial score (nSPS) is 16.7. The number of nitrogens with one attached hydrogen (secondary N) is 1. The molecule has 1 N–H and O–H groups in total. The highest BCUT2D eigenvalue weighted by Crippen LogP contribution is 2.18. The van der Waals surface area contributed by atoms with Gasteiger partial charge in [0.1, 0.15) is 0 Å². The molecule has 1 heterocycles. The molecule has 6 heteroatoms. The van der Waals surface area contributed by atoms with Crippen molar-refractivity contribution >= 4 is 15.7 Å². The van der Waals surface area contributed by atoms with Gasteiger partial charge in [-0.05, 0) is 49.4 Å². The van der Waals surface area contributed by atoms with Crippen molar-refractivity contribution in [2.75, 3.05) is 37.9 Å². The van der Waals surface area contributed by atoms with Crippen LogP contribution in [-0.2, 0) is 16.6 Å². The average Bonchev–Trinajstić information content (AvgIpc) is 2.58. The second kappa shape index (κ2) is 7.56. The van der Waals surface area contributed by atoms with E-state index >= 15 is 0 Å². The third kappa shape index (κ3) is 4.81. The molecule has 5 nitrogen and oxygen atoms in total. The molecule has 1 aliphatic rings. The predicted octanol–water partition coefficient (Wildman–Crippen LogP) is 2.54. The van der Waals surface area contributed by atoms with E-state index in [1.54, 1.807) is 18.2 Å². The topological polar surface area (TPSA) is 52.7 Å². The van der Waals surface area contributed by atoms with Crippen LogP contribution in [0.2, 0.25) is 0 Å². The number of hydrogen-bond acceptors (Lipinski definition) is 4. The quantitative estimate of drug-likeness (QED) is 0.891. The van der Waals surface area contributed by atoms with Crippen LogP contribution in [0.15, 0.2) is 53.4 Å². The molecule has 0 spiro atoms. The number of piperazine rings is 1. The van der Waals surface area contributed by atoms with E-state index in [9.17, 15) is 8.42 Å². The minimum atomic E-state index is -3.55. The summed E-state index contributed by atoms with van der Waals surface area (Å²) in [6.07, 6.45) is 0. The Morgan fingerprint density at radius 3 is 2.32 bits per heavy atom. The molecule has 0 amide bonds. The van der Waals surface area contributed by atoms with Gasteiger partial charge in [0.05, 0.1) is 4.90 Å². The fraction of sp³-hybridized carbons (Fsp3) is 0.368. The van der Waals surface area contributed by atoms with Crippen LogP contribution in [0.1, 0.15) is 11.1 Å². The van der Waals surface area contributed by atoms with E-state index in [0.717, 1.165) is 38.3 Å². The first-order chi connectivity index (χ1) is 11.9. The molecule has 1 saturated heterocycles. The Kier molecular flexibility index (Phi) is 5.42. The van der Waals surface area contributed by atoms with Crippen molar-refractivity contribution in [3.8, 4) is 0 Å². The molecule has 2 aromatic carbocycles. The van der Waals surface area contributed by atoms with Crippen LogP contribution in [0.4, 0.5) is 5.69 Å². The summed E-state index contributed by atoms with van der Waals surface area (Å²) in [6, 6.07) is 14.6. The summed E-state index contributed by atoms with van der Waals surface area (Å²) < 4.78 is 27.6.